The van der Waals surface area contributed by atoms with E-state index in [-0.39, 0.29) is 6.61 Å². The molecule has 0 aromatic heterocycles. The van der Waals surface area contributed by atoms with Crippen LogP contribution in [0.3, 0.4) is 0 Å². The summed E-state index contributed by atoms with van der Waals surface area (Å²) in [6.07, 6.45) is 4.99. The second kappa shape index (κ2) is 21.1. The fourth-order valence-corrected chi connectivity index (χ4v) is 1.91. The van der Waals surface area contributed by atoms with E-state index in [9.17, 15) is 0 Å². The van der Waals surface area contributed by atoms with Crippen molar-refractivity contribution in [1.82, 2.24) is 4.90 Å². The molecule has 0 unspecified atom stereocenters. The Balaban J connectivity index is 0. The third-order valence-corrected chi connectivity index (χ3v) is 2.81. The number of hydrogen-bond acceptors (Lipinski definition) is 4. The Hall–Kier alpha value is -0.160. The molecule has 0 aromatic carbocycles. The van der Waals surface area contributed by atoms with Gasteiger partial charge in [0.15, 0.2) is 0 Å². The Morgan fingerprint density at radius 2 is 1.35 bits per heavy atom. The van der Waals surface area contributed by atoms with Gasteiger partial charge >= 0.3 is 0 Å². The molecule has 0 saturated carbocycles. The highest BCUT2D eigenvalue weighted by molar-refractivity contribution is 4.63. The van der Waals surface area contributed by atoms with E-state index in [0.29, 0.717) is 13.2 Å². The predicted molar refractivity (Wildman–Crippen MR) is 86.3 cm³/mol. The van der Waals surface area contributed by atoms with Crippen LogP contribution in [-0.2, 0) is 9.47 Å². The Morgan fingerprint density at radius 3 is 1.90 bits per heavy atom. The first-order valence-electron chi connectivity index (χ1n) is 8.42. The Kier molecular flexibility index (Phi) is 23.4. The van der Waals surface area contributed by atoms with Gasteiger partial charge in [-0.15, -0.1) is 0 Å². The molecule has 1 heterocycles. The summed E-state index contributed by atoms with van der Waals surface area (Å²) in [5, 5.41) is 8.49. The highest BCUT2D eigenvalue weighted by Crippen LogP contribution is 2.07. The van der Waals surface area contributed by atoms with Crippen LogP contribution in [0.25, 0.3) is 0 Å². The molecule has 4 heteroatoms. The van der Waals surface area contributed by atoms with Gasteiger partial charge in [0.2, 0.25) is 0 Å². The molecule has 1 N–H and O–H groups in total. The average molecular weight is 291 g/mol. The number of piperidine rings is 1. The van der Waals surface area contributed by atoms with Crippen LogP contribution >= 0.6 is 0 Å². The highest BCUT2D eigenvalue weighted by atomic mass is 16.5. The Bertz CT molecular complexity index is 151. The van der Waals surface area contributed by atoms with Crippen molar-refractivity contribution in [3.63, 3.8) is 0 Å². The van der Waals surface area contributed by atoms with Crippen molar-refractivity contribution >= 4 is 0 Å². The summed E-state index contributed by atoms with van der Waals surface area (Å²) >= 11 is 0. The van der Waals surface area contributed by atoms with Crippen molar-refractivity contribution in [2.24, 2.45) is 0 Å². The molecule has 0 aromatic rings. The van der Waals surface area contributed by atoms with E-state index < -0.39 is 0 Å². The highest BCUT2D eigenvalue weighted by Gasteiger charge is 2.08. The largest absolute Gasteiger partial charge is 0.394 e. The van der Waals surface area contributed by atoms with E-state index in [1.54, 1.807) is 0 Å². The second-order valence-corrected chi connectivity index (χ2v) is 4.20. The van der Waals surface area contributed by atoms with E-state index >= 15 is 0 Å². The molecule has 0 bridgehead atoms. The van der Waals surface area contributed by atoms with Gasteiger partial charge in [0.25, 0.3) is 0 Å². The zero-order valence-corrected chi connectivity index (χ0v) is 14.2. The van der Waals surface area contributed by atoms with Gasteiger partial charge in [-0.25, -0.2) is 0 Å². The van der Waals surface area contributed by atoms with Gasteiger partial charge in [-0.1, -0.05) is 34.1 Å². The first kappa shape index (κ1) is 22.1. The molecular formula is C16H37NO3. The zero-order chi connectivity index (χ0) is 15.5. The standard InChI is InChI=1S/C12H25NO3.2C2H6/c14-8-12-16-10-4-9-15-11-7-13-5-2-1-3-6-13;2*1-2/h14H,1-12H2;2*1-2H3. The lowest BCUT2D eigenvalue weighted by Gasteiger charge is -2.26. The molecule has 4 nitrogen and oxygen atoms in total. The molecule has 0 spiro atoms. The number of likely N-dealkylation sites (tertiary alicyclic amines) is 1. The molecular weight excluding hydrogens is 254 g/mol. The number of rotatable bonds is 9. The van der Waals surface area contributed by atoms with Gasteiger partial charge in [-0.05, 0) is 32.4 Å². The van der Waals surface area contributed by atoms with Crippen molar-refractivity contribution in [2.45, 2.75) is 53.4 Å². The minimum absolute atomic E-state index is 0.107. The number of nitrogens with zero attached hydrogens (tertiary/aromatic N) is 1. The summed E-state index contributed by atoms with van der Waals surface area (Å²) < 4.78 is 10.7. The summed E-state index contributed by atoms with van der Waals surface area (Å²) in [5.74, 6) is 0. The van der Waals surface area contributed by atoms with Crippen LogP contribution in [0.4, 0.5) is 0 Å². The number of aliphatic hydroxyl groups is 1. The van der Waals surface area contributed by atoms with E-state index in [2.05, 4.69) is 4.90 Å². The SMILES string of the molecule is CC.CC.OCCOCCCOCCN1CCCCC1. The van der Waals surface area contributed by atoms with E-state index in [4.69, 9.17) is 14.6 Å². The molecule has 1 rings (SSSR count). The van der Waals surface area contributed by atoms with Crippen LogP contribution < -0.4 is 0 Å². The molecule has 1 aliphatic rings. The first-order valence-corrected chi connectivity index (χ1v) is 8.42. The van der Waals surface area contributed by atoms with Gasteiger partial charge in [0.1, 0.15) is 0 Å². The molecule has 1 fully saturated rings. The van der Waals surface area contributed by atoms with Gasteiger partial charge in [0.05, 0.1) is 19.8 Å². The van der Waals surface area contributed by atoms with Gasteiger partial charge in [-0.2, -0.15) is 0 Å². The van der Waals surface area contributed by atoms with E-state index in [1.807, 2.05) is 27.7 Å². The molecule has 20 heavy (non-hydrogen) atoms. The lowest BCUT2D eigenvalue weighted by molar-refractivity contribution is 0.0553. The molecule has 0 aliphatic carbocycles. The molecule has 0 atom stereocenters. The molecule has 124 valence electrons. The van der Waals surface area contributed by atoms with Crippen molar-refractivity contribution in [3.05, 3.63) is 0 Å². The molecule has 0 radical (unpaired) electrons. The first-order chi connectivity index (χ1) is 9.93. The minimum Gasteiger partial charge on any atom is -0.394 e. The fraction of sp³-hybridized carbons (Fsp3) is 1.00. The van der Waals surface area contributed by atoms with Crippen LogP contribution in [-0.4, -0.2) is 62.7 Å². The Labute approximate surface area is 126 Å². The molecule has 1 saturated heterocycles. The number of ether oxygens (including phenoxy) is 2. The maximum absolute atomic E-state index is 8.49. The minimum atomic E-state index is 0.107. The van der Waals surface area contributed by atoms with E-state index in [1.165, 1.54) is 32.4 Å². The maximum Gasteiger partial charge on any atom is 0.0697 e. The lowest BCUT2D eigenvalue weighted by Crippen LogP contribution is -2.32. The van der Waals surface area contributed by atoms with Crippen LogP contribution in [0.15, 0.2) is 0 Å². The monoisotopic (exact) mass is 291 g/mol. The normalized spacial score (nSPS) is 14.8. The van der Waals surface area contributed by atoms with Crippen LogP contribution in [0, 0.1) is 0 Å². The predicted octanol–water partition coefficient (Wildman–Crippen LogP) is 2.94. The molecule has 0 amide bonds. The zero-order valence-electron chi connectivity index (χ0n) is 14.2. The maximum atomic E-state index is 8.49. The van der Waals surface area contributed by atoms with Crippen molar-refractivity contribution in [1.29, 1.82) is 0 Å². The van der Waals surface area contributed by atoms with Crippen molar-refractivity contribution in [2.75, 3.05) is 52.7 Å². The summed E-state index contributed by atoms with van der Waals surface area (Å²) in [7, 11) is 0. The van der Waals surface area contributed by atoms with Crippen LogP contribution in [0.5, 0.6) is 0 Å². The van der Waals surface area contributed by atoms with Gasteiger partial charge < -0.3 is 19.5 Å². The lowest BCUT2D eigenvalue weighted by atomic mass is 10.1. The third-order valence-electron chi connectivity index (χ3n) is 2.81. The second-order valence-electron chi connectivity index (χ2n) is 4.20. The topological polar surface area (TPSA) is 41.9 Å². The summed E-state index contributed by atoms with van der Waals surface area (Å²) in [6.45, 7) is 14.4. The van der Waals surface area contributed by atoms with Crippen LogP contribution in [0.1, 0.15) is 53.4 Å². The smallest absolute Gasteiger partial charge is 0.0697 e. The summed E-state index contributed by atoms with van der Waals surface area (Å²) in [4.78, 5) is 2.48. The quantitative estimate of drug-likeness (QED) is 0.663. The Morgan fingerprint density at radius 1 is 0.800 bits per heavy atom. The van der Waals surface area contributed by atoms with E-state index in [0.717, 1.165) is 26.2 Å². The van der Waals surface area contributed by atoms with Gasteiger partial charge in [0, 0.05) is 19.8 Å². The fourth-order valence-electron chi connectivity index (χ4n) is 1.91. The summed E-state index contributed by atoms with van der Waals surface area (Å²) in [5.41, 5.74) is 0. The number of aliphatic hydroxyl groups excluding tert-OH is 1. The van der Waals surface area contributed by atoms with Crippen molar-refractivity contribution < 1.29 is 14.6 Å². The molecule has 1 aliphatic heterocycles. The van der Waals surface area contributed by atoms with Crippen LogP contribution in [0.2, 0.25) is 0 Å². The van der Waals surface area contributed by atoms with Crippen molar-refractivity contribution in [3.8, 4) is 0 Å². The number of hydrogen-bond donors (Lipinski definition) is 1. The summed E-state index contributed by atoms with van der Waals surface area (Å²) in [6, 6.07) is 0. The van der Waals surface area contributed by atoms with Gasteiger partial charge in [-0.3, -0.25) is 0 Å². The average Bonchev–Trinajstić information content (AvgIpc) is 2.55. The third kappa shape index (κ3) is 15.9.